The number of aromatic nitrogens is 3. The second kappa shape index (κ2) is 7.84. The van der Waals surface area contributed by atoms with Gasteiger partial charge in [-0.25, -0.2) is 4.98 Å². The summed E-state index contributed by atoms with van der Waals surface area (Å²) in [5, 5.41) is 2.93. The number of carbonyl (C=O) groups excluding carboxylic acids is 1. The van der Waals surface area contributed by atoms with E-state index in [0.717, 1.165) is 45.0 Å². The van der Waals surface area contributed by atoms with Gasteiger partial charge in [0.2, 0.25) is 5.91 Å². The first kappa shape index (κ1) is 20.0. The number of nitrogens with one attached hydrogen (secondary N) is 1. The summed E-state index contributed by atoms with van der Waals surface area (Å²) in [5.74, 6) is -0.267. The number of hydrogen-bond acceptors (Lipinski definition) is 5. The number of rotatable bonds is 4. The van der Waals surface area contributed by atoms with Crippen LogP contribution in [0.3, 0.4) is 0 Å². The zero-order valence-corrected chi connectivity index (χ0v) is 18.1. The van der Waals surface area contributed by atoms with E-state index in [1.54, 1.807) is 0 Å². The predicted molar refractivity (Wildman–Crippen MR) is 121 cm³/mol. The average Bonchev–Trinajstić information content (AvgIpc) is 3.12. The summed E-state index contributed by atoms with van der Waals surface area (Å²) in [6.07, 6.45) is 1.42. The Balaban J connectivity index is 1.61. The minimum absolute atomic E-state index is 0.105. The highest BCUT2D eigenvalue weighted by Gasteiger charge is 2.16. The molecule has 0 atom stereocenters. The molecule has 0 bridgehead atoms. The minimum atomic E-state index is -0.267. The number of carbonyl (C=O) groups is 1. The van der Waals surface area contributed by atoms with Crippen LogP contribution in [0.2, 0.25) is 0 Å². The zero-order valence-electron chi connectivity index (χ0n) is 17.3. The lowest BCUT2D eigenvalue weighted by Crippen LogP contribution is -2.27. The van der Waals surface area contributed by atoms with Gasteiger partial charge >= 0.3 is 0 Å². The molecule has 2 heterocycles. The smallest absolute Gasteiger partial charge is 0.273 e. The molecule has 0 radical (unpaired) electrons. The Morgan fingerprint density at radius 3 is 2.37 bits per heavy atom. The molecule has 4 rings (SSSR count). The van der Waals surface area contributed by atoms with Crippen LogP contribution >= 0.6 is 11.5 Å². The van der Waals surface area contributed by atoms with E-state index in [1.165, 1.54) is 10.9 Å². The lowest BCUT2D eigenvalue weighted by Gasteiger charge is -2.13. The molecule has 1 amide bonds. The monoisotopic (exact) mass is 418 g/mol. The molecule has 0 aliphatic heterocycles. The van der Waals surface area contributed by atoms with Gasteiger partial charge in [-0.05, 0) is 50.4 Å². The summed E-state index contributed by atoms with van der Waals surface area (Å²) in [6, 6.07) is 12.0. The number of amides is 1. The van der Waals surface area contributed by atoms with Crippen molar-refractivity contribution >= 4 is 33.3 Å². The van der Waals surface area contributed by atoms with Gasteiger partial charge in [0.05, 0.1) is 6.33 Å². The Bertz CT molecular complexity index is 1300. The number of benzene rings is 2. The van der Waals surface area contributed by atoms with Gasteiger partial charge in [0.1, 0.15) is 22.5 Å². The summed E-state index contributed by atoms with van der Waals surface area (Å²) in [4.78, 5) is 30.0. The van der Waals surface area contributed by atoms with E-state index in [9.17, 15) is 9.59 Å². The highest BCUT2D eigenvalue weighted by molar-refractivity contribution is 7.13. The molecular formula is C23H22N4O2S. The largest absolute Gasteiger partial charge is 0.324 e. The molecule has 6 nitrogen and oxygen atoms in total. The maximum absolute atomic E-state index is 12.9. The van der Waals surface area contributed by atoms with Crippen LogP contribution in [-0.2, 0) is 11.3 Å². The number of nitrogens with zero attached hydrogens (tertiary/aromatic N) is 3. The van der Waals surface area contributed by atoms with Gasteiger partial charge in [-0.3, -0.25) is 14.2 Å². The van der Waals surface area contributed by atoms with Crippen LogP contribution in [0.25, 0.3) is 21.5 Å². The van der Waals surface area contributed by atoms with Crippen LogP contribution in [0, 0.1) is 27.7 Å². The van der Waals surface area contributed by atoms with Gasteiger partial charge in [-0.15, -0.1) is 0 Å². The molecule has 4 aromatic rings. The topological polar surface area (TPSA) is 76.9 Å². The molecule has 1 N–H and O–H groups in total. The summed E-state index contributed by atoms with van der Waals surface area (Å²) < 4.78 is 6.22. The highest BCUT2D eigenvalue weighted by atomic mass is 32.1. The molecule has 30 heavy (non-hydrogen) atoms. The molecule has 2 aromatic heterocycles. The van der Waals surface area contributed by atoms with Crippen molar-refractivity contribution in [2.45, 2.75) is 34.2 Å². The summed E-state index contributed by atoms with van der Waals surface area (Å²) >= 11 is 1.11. The Kier molecular flexibility index (Phi) is 5.22. The van der Waals surface area contributed by atoms with Crippen LogP contribution in [0.1, 0.15) is 22.3 Å². The third-order valence-corrected chi connectivity index (χ3v) is 5.85. The Labute approximate surface area is 178 Å². The van der Waals surface area contributed by atoms with E-state index in [-0.39, 0.29) is 18.0 Å². The van der Waals surface area contributed by atoms with Crippen LogP contribution < -0.4 is 10.9 Å². The van der Waals surface area contributed by atoms with E-state index < -0.39 is 0 Å². The van der Waals surface area contributed by atoms with Crippen molar-refractivity contribution in [2.75, 3.05) is 5.32 Å². The van der Waals surface area contributed by atoms with Gasteiger partial charge in [-0.2, -0.15) is 4.37 Å². The van der Waals surface area contributed by atoms with Crippen LogP contribution in [0.5, 0.6) is 0 Å². The lowest BCUT2D eigenvalue weighted by molar-refractivity contribution is -0.116. The third-order valence-electron chi connectivity index (χ3n) is 5.03. The Morgan fingerprint density at radius 2 is 1.70 bits per heavy atom. The molecule has 0 aliphatic carbocycles. The highest BCUT2D eigenvalue weighted by Crippen LogP contribution is 2.27. The molecular weight excluding hydrogens is 396 g/mol. The maximum Gasteiger partial charge on any atom is 0.273 e. The fourth-order valence-electron chi connectivity index (χ4n) is 3.58. The average molecular weight is 419 g/mol. The second-order valence-electron chi connectivity index (χ2n) is 7.57. The van der Waals surface area contributed by atoms with E-state index in [4.69, 9.17) is 0 Å². The first-order chi connectivity index (χ1) is 14.3. The van der Waals surface area contributed by atoms with E-state index >= 15 is 0 Å². The van der Waals surface area contributed by atoms with Crippen molar-refractivity contribution in [3.63, 3.8) is 0 Å². The van der Waals surface area contributed by atoms with E-state index in [2.05, 4.69) is 14.7 Å². The molecule has 2 aromatic carbocycles. The van der Waals surface area contributed by atoms with Gasteiger partial charge in [-0.1, -0.05) is 47.5 Å². The third kappa shape index (κ3) is 3.76. The fraction of sp³-hybridized carbons (Fsp3) is 0.217. The van der Waals surface area contributed by atoms with Crippen molar-refractivity contribution < 1.29 is 4.79 Å². The normalized spacial score (nSPS) is 11.1. The molecule has 0 saturated heterocycles. The number of hydrogen-bond donors (Lipinski definition) is 1. The Hall–Kier alpha value is -3.32. The number of fused-ring (bicyclic) bond motifs is 1. The second-order valence-corrected chi connectivity index (χ2v) is 8.35. The molecule has 7 heteroatoms. The van der Waals surface area contributed by atoms with Crippen molar-refractivity contribution in [1.29, 1.82) is 0 Å². The van der Waals surface area contributed by atoms with Crippen LogP contribution in [0.15, 0.2) is 47.5 Å². The van der Waals surface area contributed by atoms with Gasteiger partial charge in [0.15, 0.2) is 0 Å². The molecule has 152 valence electrons. The fourth-order valence-corrected chi connectivity index (χ4v) is 4.39. The minimum Gasteiger partial charge on any atom is -0.324 e. The maximum atomic E-state index is 12.9. The van der Waals surface area contributed by atoms with Crippen molar-refractivity contribution in [1.82, 2.24) is 13.9 Å². The SMILES string of the molecule is Cc1ccc(-c2nsc3c(=O)n(CC(=O)Nc4c(C)cc(C)cc4C)cnc23)cc1. The first-order valence-corrected chi connectivity index (χ1v) is 10.4. The van der Waals surface area contributed by atoms with Crippen molar-refractivity contribution in [3.8, 4) is 11.3 Å². The quantitative estimate of drug-likeness (QED) is 0.533. The molecule has 0 unspecified atom stereocenters. The van der Waals surface area contributed by atoms with E-state index in [1.807, 2.05) is 64.1 Å². The summed E-state index contributed by atoms with van der Waals surface area (Å²) in [6.45, 7) is 7.85. The summed E-state index contributed by atoms with van der Waals surface area (Å²) in [7, 11) is 0. The molecule has 0 fully saturated rings. The summed E-state index contributed by atoms with van der Waals surface area (Å²) in [5.41, 5.74) is 6.97. The van der Waals surface area contributed by atoms with E-state index in [0.29, 0.717) is 15.9 Å². The first-order valence-electron chi connectivity index (χ1n) is 9.63. The van der Waals surface area contributed by atoms with Crippen molar-refractivity contribution in [2.24, 2.45) is 0 Å². The zero-order chi connectivity index (χ0) is 21.4. The molecule has 0 saturated carbocycles. The molecule has 0 aliphatic rings. The van der Waals surface area contributed by atoms with Gasteiger partial charge in [0.25, 0.3) is 5.56 Å². The van der Waals surface area contributed by atoms with Crippen molar-refractivity contribution in [3.05, 3.63) is 75.3 Å². The number of anilines is 1. The molecule has 0 spiro atoms. The van der Waals surface area contributed by atoms with Crippen LogP contribution in [0.4, 0.5) is 5.69 Å². The Morgan fingerprint density at radius 1 is 1.03 bits per heavy atom. The standard InChI is InChI=1S/C23H22N4O2S/c1-13-5-7-17(8-6-13)20-21-22(30-26-20)23(29)27(12-24-21)11-18(28)25-19-15(3)9-14(2)10-16(19)4/h5-10,12H,11H2,1-4H3,(H,25,28). The predicted octanol–water partition coefficient (Wildman–Crippen LogP) is 4.39. The van der Waals surface area contributed by atoms with Gasteiger partial charge in [0, 0.05) is 11.3 Å². The van der Waals surface area contributed by atoms with Gasteiger partial charge < -0.3 is 5.32 Å². The number of aryl methyl sites for hydroxylation is 4. The lowest BCUT2D eigenvalue weighted by atomic mass is 10.1. The van der Waals surface area contributed by atoms with Crippen LogP contribution in [-0.4, -0.2) is 19.8 Å².